The van der Waals surface area contributed by atoms with Crippen LogP contribution in [0.15, 0.2) is 48.5 Å². The number of anilines is 3. The van der Waals surface area contributed by atoms with Crippen molar-refractivity contribution in [3.63, 3.8) is 0 Å². The van der Waals surface area contributed by atoms with Gasteiger partial charge in [-0.25, -0.2) is 0 Å². The molecule has 0 bridgehead atoms. The highest BCUT2D eigenvalue weighted by Crippen LogP contribution is 2.30. The molecule has 3 amide bonds. The van der Waals surface area contributed by atoms with Crippen LogP contribution in [0.1, 0.15) is 18.9 Å². The molecule has 0 aliphatic rings. The number of nitrogens with one attached hydrogen (secondary N) is 3. The van der Waals surface area contributed by atoms with E-state index in [1.807, 2.05) is 0 Å². The Kier molecular flexibility index (Phi) is 6.17. The molecule has 2 aromatic rings. The summed E-state index contributed by atoms with van der Waals surface area (Å²) in [5, 5.41) is 7.28. The highest BCUT2D eigenvalue weighted by atomic mass is 19.4. The summed E-state index contributed by atoms with van der Waals surface area (Å²) in [5.41, 5.74) is -0.137. The predicted octanol–water partition coefficient (Wildman–Crippen LogP) is 3.63. The number of amides is 3. The summed E-state index contributed by atoms with van der Waals surface area (Å²) < 4.78 is 38.0. The number of alkyl halides is 3. The summed E-state index contributed by atoms with van der Waals surface area (Å²) in [5.74, 6) is -1.69. The van der Waals surface area contributed by atoms with Gasteiger partial charge in [0.15, 0.2) is 0 Å². The minimum Gasteiger partial charge on any atom is -0.326 e. The monoisotopic (exact) mass is 379 g/mol. The van der Waals surface area contributed by atoms with Gasteiger partial charge >= 0.3 is 6.18 Å². The Morgan fingerprint density at radius 1 is 0.815 bits per heavy atom. The van der Waals surface area contributed by atoms with Gasteiger partial charge in [0.05, 0.1) is 5.56 Å². The van der Waals surface area contributed by atoms with E-state index in [2.05, 4.69) is 16.0 Å². The van der Waals surface area contributed by atoms with Crippen molar-refractivity contribution in [2.75, 3.05) is 16.0 Å². The zero-order chi connectivity index (χ0) is 20.0. The molecule has 2 rings (SSSR count). The van der Waals surface area contributed by atoms with Crippen molar-refractivity contribution in [1.29, 1.82) is 0 Å². The molecule has 0 aliphatic heterocycles. The molecule has 0 saturated heterocycles. The van der Waals surface area contributed by atoms with Crippen LogP contribution in [0.2, 0.25) is 0 Å². The van der Waals surface area contributed by atoms with Crippen molar-refractivity contribution in [2.45, 2.75) is 19.5 Å². The normalized spacial score (nSPS) is 10.8. The summed E-state index contributed by atoms with van der Waals surface area (Å²) in [6.45, 7) is 1.34. The molecule has 0 fully saturated rings. The van der Waals surface area contributed by atoms with Gasteiger partial charge in [0.1, 0.15) is 6.42 Å². The lowest BCUT2D eigenvalue weighted by Crippen LogP contribution is -2.21. The molecular weight excluding hydrogens is 363 g/mol. The van der Waals surface area contributed by atoms with E-state index < -0.39 is 30.0 Å². The van der Waals surface area contributed by atoms with Crippen LogP contribution in [0.3, 0.4) is 0 Å². The van der Waals surface area contributed by atoms with Crippen LogP contribution in [0.4, 0.5) is 30.2 Å². The van der Waals surface area contributed by atoms with Crippen molar-refractivity contribution in [2.24, 2.45) is 0 Å². The molecule has 9 heteroatoms. The molecule has 3 N–H and O–H groups in total. The van der Waals surface area contributed by atoms with Gasteiger partial charge in [-0.2, -0.15) is 13.2 Å². The van der Waals surface area contributed by atoms with E-state index in [4.69, 9.17) is 0 Å². The van der Waals surface area contributed by atoms with Gasteiger partial charge in [-0.05, 0) is 36.4 Å². The molecule has 0 aliphatic carbocycles. The van der Waals surface area contributed by atoms with E-state index in [-0.39, 0.29) is 11.6 Å². The molecule has 0 radical (unpaired) electrons. The first-order valence-corrected chi connectivity index (χ1v) is 7.78. The third-order valence-corrected chi connectivity index (χ3v) is 3.26. The second kappa shape index (κ2) is 8.35. The van der Waals surface area contributed by atoms with Crippen LogP contribution in [-0.2, 0) is 20.6 Å². The third kappa shape index (κ3) is 6.46. The first-order chi connectivity index (χ1) is 12.6. The minimum atomic E-state index is -4.53. The Morgan fingerprint density at radius 2 is 1.30 bits per heavy atom. The average Bonchev–Trinajstić information content (AvgIpc) is 2.53. The molecule has 0 spiro atoms. The number of rotatable bonds is 5. The highest BCUT2D eigenvalue weighted by Gasteiger charge is 2.30. The molecule has 0 aromatic heterocycles. The van der Waals surface area contributed by atoms with Crippen LogP contribution < -0.4 is 16.0 Å². The van der Waals surface area contributed by atoms with Crippen molar-refractivity contribution in [1.82, 2.24) is 0 Å². The number of carbonyl (C=O) groups is 3. The molecule has 2 aromatic carbocycles. The SMILES string of the molecule is CC(=O)Nc1cccc(NC(=O)CC(=O)Nc2cccc(C(F)(F)F)c2)c1. The largest absolute Gasteiger partial charge is 0.416 e. The number of hydrogen-bond donors (Lipinski definition) is 3. The molecule has 6 nitrogen and oxygen atoms in total. The Labute approximate surface area is 152 Å². The molecule has 142 valence electrons. The molecule has 0 saturated carbocycles. The second-order valence-corrected chi connectivity index (χ2v) is 5.61. The first kappa shape index (κ1) is 20.0. The maximum atomic E-state index is 12.7. The lowest BCUT2D eigenvalue weighted by molar-refractivity contribution is -0.137. The Morgan fingerprint density at radius 3 is 1.81 bits per heavy atom. The van der Waals surface area contributed by atoms with Gasteiger partial charge < -0.3 is 16.0 Å². The quantitative estimate of drug-likeness (QED) is 0.694. The van der Waals surface area contributed by atoms with E-state index in [1.165, 1.54) is 19.1 Å². The fourth-order valence-corrected chi connectivity index (χ4v) is 2.21. The first-order valence-electron chi connectivity index (χ1n) is 7.78. The van der Waals surface area contributed by atoms with Crippen molar-refractivity contribution < 1.29 is 27.6 Å². The predicted molar refractivity (Wildman–Crippen MR) is 94.1 cm³/mol. The number of benzene rings is 2. The van der Waals surface area contributed by atoms with Crippen LogP contribution in [0.5, 0.6) is 0 Å². The fourth-order valence-electron chi connectivity index (χ4n) is 2.21. The van der Waals surface area contributed by atoms with Gasteiger partial charge in [-0.3, -0.25) is 14.4 Å². The van der Waals surface area contributed by atoms with Gasteiger partial charge in [0, 0.05) is 24.0 Å². The third-order valence-electron chi connectivity index (χ3n) is 3.26. The fraction of sp³-hybridized carbons (Fsp3) is 0.167. The molecule has 0 unspecified atom stereocenters. The highest BCUT2D eigenvalue weighted by molar-refractivity contribution is 6.08. The van der Waals surface area contributed by atoms with E-state index in [0.29, 0.717) is 11.4 Å². The molecule has 0 atom stereocenters. The van der Waals surface area contributed by atoms with Crippen LogP contribution in [0, 0.1) is 0 Å². The summed E-state index contributed by atoms with van der Waals surface area (Å²) >= 11 is 0. The lowest BCUT2D eigenvalue weighted by Gasteiger charge is -2.10. The van der Waals surface area contributed by atoms with Crippen molar-refractivity contribution in [3.8, 4) is 0 Å². The Hall–Kier alpha value is -3.36. The smallest absolute Gasteiger partial charge is 0.326 e. The molecule has 27 heavy (non-hydrogen) atoms. The van der Waals surface area contributed by atoms with E-state index in [0.717, 1.165) is 18.2 Å². The number of hydrogen-bond acceptors (Lipinski definition) is 3. The molecule has 0 heterocycles. The topological polar surface area (TPSA) is 87.3 Å². The molecular formula is C18H16F3N3O3. The number of halogens is 3. The van der Waals surface area contributed by atoms with Crippen LogP contribution in [0.25, 0.3) is 0 Å². The van der Waals surface area contributed by atoms with Gasteiger partial charge in [-0.15, -0.1) is 0 Å². The van der Waals surface area contributed by atoms with Gasteiger partial charge in [0.25, 0.3) is 0 Å². The van der Waals surface area contributed by atoms with Gasteiger partial charge in [0.2, 0.25) is 17.7 Å². The summed E-state index contributed by atoms with van der Waals surface area (Å²) in [4.78, 5) is 34.8. The number of carbonyl (C=O) groups excluding carboxylic acids is 3. The summed E-state index contributed by atoms with van der Waals surface area (Å²) in [6, 6.07) is 10.4. The zero-order valence-electron chi connectivity index (χ0n) is 14.2. The van der Waals surface area contributed by atoms with Crippen LogP contribution >= 0.6 is 0 Å². The average molecular weight is 379 g/mol. The summed E-state index contributed by atoms with van der Waals surface area (Å²) in [6.07, 6.45) is -5.11. The Bertz CT molecular complexity index is 866. The maximum Gasteiger partial charge on any atom is 0.416 e. The van der Waals surface area contributed by atoms with Crippen molar-refractivity contribution >= 4 is 34.8 Å². The summed E-state index contributed by atoms with van der Waals surface area (Å²) in [7, 11) is 0. The van der Waals surface area contributed by atoms with E-state index in [9.17, 15) is 27.6 Å². The van der Waals surface area contributed by atoms with Crippen LogP contribution in [-0.4, -0.2) is 17.7 Å². The maximum absolute atomic E-state index is 12.7. The van der Waals surface area contributed by atoms with Gasteiger partial charge in [-0.1, -0.05) is 12.1 Å². The minimum absolute atomic E-state index is 0.0599. The lowest BCUT2D eigenvalue weighted by atomic mass is 10.2. The zero-order valence-corrected chi connectivity index (χ0v) is 14.2. The van der Waals surface area contributed by atoms with E-state index >= 15 is 0 Å². The van der Waals surface area contributed by atoms with Crippen molar-refractivity contribution in [3.05, 3.63) is 54.1 Å². The Balaban J connectivity index is 1.94. The second-order valence-electron chi connectivity index (χ2n) is 5.61. The standard InChI is InChI=1S/C18H16F3N3O3/c1-11(25)22-14-6-3-7-15(9-14)24-17(27)10-16(26)23-13-5-2-4-12(8-13)18(19,20)21/h2-9H,10H2,1H3,(H,22,25)(H,23,26)(H,24,27). The van der Waals surface area contributed by atoms with E-state index in [1.54, 1.807) is 18.2 Å².